The molecule has 18 heterocycles. The molecule has 50 nitrogen and oxygen atoms in total. The Morgan fingerprint density at radius 2 is 0.821 bits per heavy atom. The Bertz CT molecular complexity index is 5840. The van der Waals surface area contributed by atoms with Gasteiger partial charge in [0.1, 0.15) is 130 Å². The number of fused-ring (bicyclic) bond motifs is 6. The van der Waals surface area contributed by atoms with Gasteiger partial charge in [0.2, 0.25) is 16.6 Å². The van der Waals surface area contributed by atoms with Crippen molar-refractivity contribution in [3.63, 3.8) is 0 Å². The highest BCUT2D eigenvalue weighted by Crippen LogP contribution is 2.60. The van der Waals surface area contributed by atoms with Crippen LogP contribution in [0.4, 0.5) is 13.2 Å². The SMILES string of the molecule is C=C(C)C(=O)OCC(=O)OC1C2CC3(C#N)C(O2)C1OS3(=O)=O.C=C(C)C(=O)OCC(=O)OC1C2CC3(C)C(O2)C1OS3(=O)=O.C=C(C)C(=O)OCC(=O)OC1C2OC3C1OS(=O)(=O)C3C2C#N.C=C(C)C(=O)OCC(=O)OC1C2OS(=O)(=O)C3C2OC1C3C(F)(F)F.C=CC(=O)NCC(=O)OC1C2CC3C(O2)C1(C)OS3(=O)=O.C=CC(=O)NCC(=O)OC1C2CC3C(O2)C1OS3(=O)=O. The first-order valence-corrected chi connectivity index (χ1v) is 48.6. The number of alkyl halides is 3. The molecular weight excluding hydrogens is 1940 g/mol. The van der Waals surface area contributed by atoms with Crippen LogP contribution in [0.2, 0.25) is 0 Å². The van der Waals surface area contributed by atoms with Crippen molar-refractivity contribution < 1.29 is 222 Å². The maximum Gasteiger partial charge on any atom is 0.395 e. The predicted molar refractivity (Wildman–Crippen MR) is 417 cm³/mol. The molecule has 0 aromatic carbocycles. The third-order valence-corrected chi connectivity index (χ3v) is 35.1. The smallest absolute Gasteiger partial charge is 0.395 e. The zero-order valence-corrected chi connectivity index (χ0v) is 75.4. The minimum Gasteiger partial charge on any atom is -0.455 e. The fraction of sp³-hybridized carbons (Fsp3) is 0.653. The van der Waals surface area contributed by atoms with Crippen molar-refractivity contribution in [2.45, 2.75) is 250 Å². The summed E-state index contributed by atoms with van der Waals surface area (Å²) in [4.78, 5) is 137. The lowest BCUT2D eigenvalue weighted by atomic mass is 9.83. The lowest BCUT2D eigenvalue weighted by molar-refractivity contribution is -0.201. The molecule has 18 rings (SSSR count). The van der Waals surface area contributed by atoms with Gasteiger partial charge in [-0.15, -0.1) is 0 Å². The van der Waals surface area contributed by atoms with Gasteiger partial charge >= 0.3 is 65.9 Å². The van der Waals surface area contributed by atoms with Crippen LogP contribution in [-0.4, -0.2) is 344 Å². The summed E-state index contributed by atoms with van der Waals surface area (Å²) in [6.45, 7) is 25.3. The molecule has 2 amide bonds. The fourth-order valence-corrected chi connectivity index (χ4v) is 28.8. The lowest BCUT2D eigenvalue weighted by Crippen LogP contribution is -2.52. The first-order valence-electron chi connectivity index (χ1n) is 39.9. The van der Waals surface area contributed by atoms with E-state index < -0.39 is 353 Å². The molecule has 59 heteroatoms. The highest BCUT2D eigenvalue weighted by Gasteiger charge is 2.80. The second-order valence-electron chi connectivity index (χ2n) is 33.4. The number of esters is 10. The molecule has 32 unspecified atom stereocenters. The van der Waals surface area contributed by atoms with Gasteiger partial charge in [0.05, 0.1) is 36.4 Å². The normalized spacial score (nSPS) is 39.4. The second kappa shape index (κ2) is 36.9. The molecule has 18 saturated heterocycles. The van der Waals surface area contributed by atoms with E-state index in [0.717, 1.165) is 12.2 Å². The number of hydrogen-bond acceptors (Lipinski definition) is 48. The average Bonchev–Trinajstić information content (AvgIpc) is 1.53. The fourth-order valence-electron chi connectivity index (χ4n) is 18.4. The van der Waals surface area contributed by atoms with E-state index in [1.165, 1.54) is 27.7 Å². The molecule has 0 aromatic rings. The number of ether oxygens (including phenoxy) is 16. The van der Waals surface area contributed by atoms with Gasteiger partial charge in [0.15, 0.2) is 68.7 Å². The topological polar surface area (TPSA) is 684 Å². The van der Waals surface area contributed by atoms with Crippen LogP contribution in [0.15, 0.2) is 73.9 Å². The summed E-state index contributed by atoms with van der Waals surface area (Å²) in [5.41, 5.74) is -0.758. The number of carbonyl (C=O) groups excluding carboxylic acids is 12. The highest BCUT2D eigenvalue weighted by molar-refractivity contribution is 7.89. The largest absolute Gasteiger partial charge is 0.455 e. The van der Waals surface area contributed by atoms with Crippen molar-refractivity contribution >= 4 is 132 Å². The first-order chi connectivity index (χ1) is 62.3. The molecule has 134 heavy (non-hydrogen) atoms. The number of rotatable bonds is 24. The number of amides is 2. The number of nitriles is 2. The van der Waals surface area contributed by atoms with Gasteiger partial charge in [-0.1, -0.05) is 39.5 Å². The number of nitrogens with one attached hydrogen (secondary N) is 2. The molecule has 0 spiro atoms. The van der Waals surface area contributed by atoms with Gasteiger partial charge in [-0.05, 0) is 66.5 Å². The molecule has 736 valence electrons. The third-order valence-electron chi connectivity index (χ3n) is 24.3. The predicted octanol–water partition coefficient (Wildman–Crippen LogP) is -4.71. The molecule has 18 aliphatic rings. The van der Waals surface area contributed by atoms with Crippen LogP contribution in [0.3, 0.4) is 0 Å². The van der Waals surface area contributed by atoms with Crippen LogP contribution in [0.5, 0.6) is 0 Å². The molecule has 18 aliphatic heterocycles. The van der Waals surface area contributed by atoms with Gasteiger partial charge in [-0.3, -0.25) is 44.3 Å². The maximum atomic E-state index is 13.3. The van der Waals surface area contributed by atoms with E-state index in [1.807, 2.05) is 6.07 Å². The van der Waals surface area contributed by atoms with Gasteiger partial charge in [0.25, 0.3) is 60.7 Å². The third kappa shape index (κ3) is 18.6. The second-order valence-corrected chi connectivity index (χ2v) is 44.2. The minimum absolute atomic E-state index is 0.0150. The standard InChI is InChI=1S/C13H13F3O8S.2C13H13NO8S.C13H16O8S.C12H15NO7S.C11H13NO7S/c1-4(2)12(18)21-3-5(17)22-8-7-6(13(14,15)16)11-10(23-7)9(8)24-25(11,19)20;1-6(2)12(16)19-4-8(15)21-9-7-3-13(5-14)11(20-7)10(9)22-23(13,17)18;1-5(2)13(16)19-4-7(15)20-9-8-6(3-14)12-11(21-8)10(9)22-23(12,17)18;1-6(2)12(15)18-5-8(14)20-9-7-4-13(3)11(19-7)10(9)21-22(13,16)17;1-3-8(14)13-5-9(15)19-10-6-4-7-11(18-6)12(10,2)20-21(7,16)17;1-2-7(13)12-4-8(14)18-9-5-3-6-10(17-5)11(9)19-20(6,15)16/h6-11H,1,3H2,2H3;7,9-11H,1,3-4H2,2H3;6,8-12H,1,4H2,2H3;7,9-11H,1,4-5H2,2-3H3;3,6-7,10-11H,1,4-5H2,2H3,(H,13,14);2,5-6,9-11H,1,3-4H2,(H,12,13). The van der Waals surface area contributed by atoms with E-state index in [9.17, 15) is 126 Å². The molecular formula is C75H83F3N4O46S6. The number of nitrogens with zero attached hydrogens (tertiary/aromatic N) is 2. The van der Waals surface area contributed by atoms with Crippen molar-refractivity contribution in [3.8, 4) is 12.1 Å². The van der Waals surface area contributed by atoms with Crippen molar-refractivity contribution in [2.24, 2.45) is 11.8 Å². The van der Waals surface area contributed by atoms with Crippen molar-refractivity contribution in [2.75, 3.05) is 39.5 Å². The zero-order chi connectivity index (χ0) is 98.9. The van der Waals surface area contributed by atoms with Crippen LogP contribution in [0.25, 0.3) is 0 Å². The summed E-state index contributed by atoms with van der Waals surface area (Å²) in [6.07, 6.45) is -23.0. The molecule has 12 bridgehead atoms. The van der Waals surface area contributed by atoms with E-state index in [2.05, 4.69) is 73.2 Å². The molecule has 0 radical (unpaired) electrons. The summed E-state index contributed by atoms with van der Waals surface area (Å²) in [7, 11) is -23.6. The molecule has 0 aromatic heterocycles. The summed E-state index contributed by atoms with van der Waals surface area (Å²) < 4.78 is 291. The van der Waals surface area contributed by atoms with E-state index in [1.54, 1.807) is 19.9 Å². The van der Waals surface area contributed by atoms with Crippen LogP contribution in [0, 0.1) is 34.5 Å². The Labute approximate surface area is 758 Å². The van der Waals surface area contributed by atoms with Crippen molar-refractivity contribution in [1.29, 1.82) is 10.5 Å². The quantitative estimate of drug-likeness (QED) is 0.0397. The number of halogens is 3. The highest BCUT2D eigenvalue weighted by atomic mass is 32.2. The van der Waals surface area contributed by atoms with E-state index in [0.29, 0.717) is 0 Å². The Morgan fingerprint density at radius 3 is 1.30 bits per heavy atom. The lowest BCUT2D eigenvalue weighted by Gasteiger charge is -2.30. The van der Waals surface area contributed by atoms with Gasteiger partial charge < -0.3 is 86.4 Å². The van der Waals surface area contributed by atoms with Gasteiger partial charge in [0, 0.05) is 35.1 Å². The van der Waals surface area contributed by atoms with Gasteiger partial charge in [-0.25, -0.2) is 38.4 Å². The average molecular weight is 2030 g/mol. The van der Waals surface area contributed by atoms with Crippen molar-refractivity contribution in [3.05, 3.63) is 73.9 Å². The first kappa shape index (κ1) is 101. The van der Waals surface area contributed by atoms with Crippen LogP contribution in [-0.2, 0) is 219 Å². The van der Waals surface area contributed by atoms with Crippen LogP contribution >= 0.6 is 0 Å². The Balaban J connectivity index is 0.000000137. The van der Waals surface area contributed by atoms with E-state index in [-0.39, 0.29) is 61.1 Å². The molecule has 0 saturated carbocycles. The van der Waals surface area contributed by atoms with Crippen LogP contribution < -0.4 is 10.6 Å². The van der Waals surface area contributed by atoms with Crippen molar-refractivity contribution in [1.82, 2.24) is 10.6 Å². The monoisotopic (exact) mass is 2020 g/mol. The summed E-state index contributed by atoms with van der Waals surface area (Å²) in [6, 6.07) is 3.63. The Hall–Kier alpha value is -9.93. The minimum atomic E-state index is -4.88. The molecule has 2 N–H and O–H groups in total. The molecule has 32 atom stereocenters. The Morgan fingerprint density at radius 1 is 0.425 bits per heavy atom. The summed E-state index contributed by atoms with van der Waals surface area (Å²) >= 11 is 0. The number of hydrogen-bond donors (Lipinski definition) is 2. The summed E-state index contributed by atoms with van der Waals surface area (Å²) in [5, 5.41) is 18.6. The van der Waals surface area contributed by atoms with E-state index >= 15 is 0 Å². The van der Waals surface area contributed by atoms with Crippen LogP contribution in [0.1, 0.15) is 67.2 Å². The van der Waals surface area contributed by atoms with E-state index in [4.69, 9.17) is 83.0 Å². The summed E-state index contributed by atoms with van der Waals surface area (Å²) in [5.74, 6) is -12.4. The Kier molecular flexibility index (Phi) is 27.9. The molecule has 18 fully saturated rings. The maximum absolute atomic E-state index is 13.3. The van der Waals surface area contributed by atoms with Gasteiger partial charge in [-0.2, -0.15) is 74.2 Å². The zero-order valence-electron chi connectivity index (χ0n) is 70.5. The molecule has 0 aliphatic carbocycles. The number of carbonyl (C=O) groups is 12.